The van der Waals surface area contributed by atoms with E-state index in [-0.39, 0.29) is 6.61 Å². The minimum atomic E-state index is 0.224. The summed E-state index contributed by atoms with van der Waals surface area (Å²) >= 11 is 0. The van der Waals surface area contributed by atoms with Crippen LogP contribution in [0.15, 0.2) is 24.5 Å². The van der Waals surface area contributed by atoms with Gasteiger partial charge >= 0.3 is 0 Å². The van der Waals surface area contributed by atoms with Crippen molar-refractivity contribution in [1.82, 2.24) is 14.7 Å². The van der Waals surface area contributed by atoms with Gasteiger partial charge in [0.1, 0.15) is 5.65 Å². The van der Waals surface area contributed by atoms with Crippen LogP contribution in [0.5, 0.6) is 0 Å². The van der Waals surface area contributed by atoms with Gasteiger partial charge in [0.15, 0.2) is 0 Å². The van der Waals surface area contributed by atoms with E-state index in [9.17, 15) is 0 Å². The van der Waals surface area contributed by atoms with Crippen LogP contribution in [0.3, 0.4) is 0 Å². The SMILES string of the molecule is Cc1cccn2c(CNC(CCO)C(C)C)cnc12. The molecular weight excluding hydrogens is 238 g/mol. The van der Waals surface area contributed by atoms with Gasteiger partial charge in [-0.15, -0.1) is 0 Å². The summed E-state index contributed by atoms with van der Waals surface area (Å²) in [5, 5.41) is 12.6. The molecule has 0 aliphatic rings. The van der Waals surface area contributed by atoms with Gasteiger partial charge in [0, 0.05) is 25.4 Å². The molecule has 1 atom stereocenters. The van der Waals surface area contributed by atoms with Crippen LogP contribution in [0.25, 0.3) is 5.65 Å². The maximum atomic E-state index is 9.09. The number of aromatic nitrogens is 2. The molecule has 19 heavy (non-hydrogen) atoms. The van der Waals surface area contributed by atoms with E-state index in [1.54, 1.807) is 0 Å². The third-order valence-electron chi connectivity index (χ3n) is 3.60. The zero-order chi connectivity index (χ0) is 13.8. The Labute approximate surface area is 114 Å². The first kappa shape index (κ1) is 14.0. The highest BCUT2D eigenvalue weighted by Gasteiger charge is 2.13. The van der Waals surface area contributed by atoms with Crippen molar-refractivity contribution in [2.24, 2.45) is 5.92 Å². The zero-order valence-corrected chi connectivity index (χ0v) is 11.9. The van der Waals surface area contributed by atoms with Gasteiger partial charge in [0.25, 0.3) is 0 Å². The van der Waals surface area contributed by atoms with Crippen LogP contribution in [0.4, 0.5) is 0 Å². The third-order valence-corrected chi connectivity index (χ3v) is 3.60. The minimum Gasteiger partial charge on any atom is -0.396 e. The molecule has 0 aliphatic heterocycles. The molecule has 4 heteroatoms. The first-order valence-corrected chi connectivity index (χ1v) is 6.89. The van der Waals surface area contributed by atoms with Crippen LogP contribution in [-0.4, -0.2) is 27.1 Å². The van der Waals surface area contributed by atoms with Crippen molar-refractivity contribution in [3.8, 4) is 0 Å². The smallest absolute Gasteiger partial charge is 0.139 e. The van der Waals surface area contributed by atoms with Crippen LogP contribution in [0.1, 0.15) is 31.5 Å². The molecule has 0 aliphatic carbocycles. The molecule has 2 rings (SSSR count). The van der Waals surface area contributed by atoms with Crippen molar-refractivity contribution >= 4 is 5.65 Å². The number of aliphatic hydroxyl groups is 1. The van der Waals surface area contributed by atoms with Gasteiger partial charge in [-0.25, -0.2) is 4.98 Å². The van der Waals surface area contributed by atoms with Gasteiger partial charge in [-0.3, -0.25) is 0 Å². The lowest BCUT2D eigenvalue weighted by Gasteiger charge is -2.21. The van der Waals surface area contributed by atoms with Gasteiger partial charge in [-0.1, -0.05) is 19.9 Å². The molecule has 2 heterocycles. The lowest BCUT2D eigenvalue weighted by Crippen LogP contribution is -2.34. The van der Waals surface area contributed by atoms with E-state index in [4.69, 9.17) is 5.11 Å². The lowest BCUT2D eigenvalue weighted by molar-refractivity contribution is 0.243. The molecule has 0 saturated carbocycles. The topological polar surface area (TPSA) is 49.6 Å². The van der Waals surface area contributed by atoms with Crippen molar-refractivity contribution in [2.75, 3.05) is 6.61 Å². The number of fused-ring (bicyclic) bond motifs is 1. The molecule has 0 radical (unpaired) electrons. The van der Waals surface area contributed by atoms with E-state index >= 15 is 0 Å². The molecule has 0 aromatic carbocycles. The molecular formula is C15H23N3O. The molecule has 1 unspecified atom stereocenters. The summed E-state index contributed by atoms with van der Waals surface area (Å²) < 4.78 is 2.12. The summed E-state index contributed by atoms with van der Waals surface area (Å²) in [5.74, 6) is 0.507. The Bertz CT molecular complexity index is 533. The van der Waals surface area contributed by atoms with E-state index in [1.165, 1.54) is 5.56 Å². The van der Waals surface area contributed by atoms with Crippen molar-refractivity contribution in [3.05, 3.63) is 35.8 Å². The largest absolute Gasteiger partial charge is 0.396 e. The highest BCUT2D eigenvalue weighted by Crippen LogP contribution is 2.12. The predicted octanol–water partition coefficient (Wildman–Crippen LogP) is 2.14. The molecule has 0 fully saturated rings. The molecule has 104 valence electrons. The Balaban J connectivity index is 2.11. The Hall–Kier alpha value is -1.39. The van der Waals surface area contributed by atoms with E-state index in [0.29, 0.717) is 12.0 Å². The number of pyridine rings is 1. The summed E-state index contributed by atoms with van der Waals surface area (Å²) in [6.45, 7) is 7.41. The molecule has 0 amide bonds. The summed E-state index contributed by atoms with van der Waals surface area (Å²) in [6, 6.07) is 4.45. The van der Waals surface area contributed by atoms with Gasteiger partial charge in [0.2, 0.25) is 0 Å². The van der Waals surface area contributed by atoms with Crippen molar-refractivity contribution in [1.29, 1.82) is 0 Å². The Morgan fingerprint density at radius 2 is 2.21 bits per heavy atom. The van der Waals surface area contributed by atoms with Gasteiger partial charge < -0.3 is 14.8 Å². The average Bonchev–Trinajstić information content (AvgIpc) is 2.79. The lowest BCUT2D eigenvalue weighted by atomic mass is 10.0. The summed E-state index contributed by atoms with van der Waals surface area (Å²) in [7, 11) is 0. The summed E-state index contributed by atoms with van der Waals surface area (Å²) in [5.41, 5.74) is 3.36. The van der Waals surface area contributed by atoms with Crippen LogP contribution < -0.4 is 5.32 Å². The number of rotatable bonds is 6. The van der Waals surface area contributed by atoms with Gasteiger partial charge in [-0.2, -0.15) is 0 Å². The fourth-order valence-corrected chi connectivity index (χ4v) is 2.38. The van der Waals surface area contributed by atoms with Crippen LogP contribution in [0.2, 0.25) is 0 Å². The van der Waals surface area contributed by atoms with E-state index in [1.807, 2.05) is 18.5 Å². The number of nitrogens with zero attached hydrogens (tertiary/aromatic N) is 2. The number of hydrogen-bond donors (Lipinski definition) is 2. The van der Waals surface area contributed by atoms with Crippen LogP contribution in [0, 0.1) is 12.8 Å². The van der Waals surface area contributed by atoms with Gasteiger partial charge in [-0.05, 0) is 30.9 Å². The highest BCUT2D eigenvalue weighted by molar-refractivity contribution is 5.48. The van der Waals surface area contributed by atoms with Crippen molar-refractivity contribution in [2.45, 2.75) is 39.8 Å². The number of aliphatic hydroxyl groups excluding tert-OH is 1. The molecule has 0 spiro atoms. The minimum absolute atomic E-state index is 0.224. The predicted molar refractivity (Wildman–Crippen MR) is 77.1 cm³/mol. The van der Waals surface area contributed by atoms with E-state index in [2.05, 4.69) is 41.5 Å². The summed E-state index contributed by atoms with van der Waals surface area (Å²) in [6.07, 6.45) is 4.75. The van der Waals surface area contributed by atoms with Crippen LogP contribution >= 0.6 is 0 Å². The highest BCUT2D eigenvalue weighted by atomic mass is 16.3. The molecule has 2 N–H and O–H groups in total. The summed E-state index contributed by atoms with van der Waals surface area (Å²) in [4.78, 5) is 4.46. The quantitative estimate of drug-likeness (QED) is 0.837. The third kappa shape index (κ3) is 3.14. The van der Waals surface area contributed by atoms with Crippen molar-refractivity contribution in [3.63, 3.8) is 0 Å². The number of aryl methyl sites for hydroxylation is 1. The van der Waals surface area contributed by atoms with E-state index in [0.717, 1.165) is 24.3 Å². The fourth-order valence-electron chi connectivity index (χ4n) is 2.38. The maximum absolute atomic E-state index is 9.09. The van der Waals surface area contributed by atoms with E-state index < -0.39 is 0 Å². The van der Waals surface area contributed by atoms with Crippen molar-refractivity contribution < 1.29 is 5.11 Å². The van der Waals surface area contributed by atoms with Crippen LogP contribution in [-0.2, 0) is 6.54 Å². The first-order chi connectivity index (χ1) is 9.13. The second-order valence-corrected chi connectivity index (χ2v) is 5.38. The Morgan fingerprint density at radius 3 is 2.89 bits per heavy atom. The second kappa shape index (κ2) is 6.17. The number of imidazole rings is 1. The monoisotopic (exact) mass is 261 g/mol. The average molecular weight is 261 g/mol. The molecule has 2 aromatic rings. The number of nitrogens with one attached hydrogen (secondary N) is 1. The Morgan fingerprint density at radius 1 is 1.42 bits per heavy atom. The number of hydrogen-bond acceptors (Lipinski definition) is 3. The fraction of sp³-hybridized carbons (Fsp3) is 0.533. The zero-order valence-electron chi connectivity index (χ0n) is 11.9. The second-order valence-electron chi connectivity index (χ2n) is 5.38. The molecule has 0 saturated heterocycles. The molecule has 0 bridgehead atoms. The molecule has 4 nitrogen and oxygen atoms in total. The first-order valence-electron chi connectivity index (χ1n) is 6.89. The standard InChI is InChI=1S/C15H23N3O/c1-11(2)14(6-8-19)16-9-13-10-17-15-12(3)5-4-7-18(13)15/h4-5,7,10-11,14,16,19H,6,8-9H2,1-3H3. The maximum Gasteiger partial charge on any atom is 0.139 e. The Kier molecular flexibility index (Phi) is 4.56. The van der Waals surface area contributed by atoms with Gasteiger partial charge in [0.05, 0.1) is 11.9 Å². The molecule has 2 aromatic heterocycles. The normalized spacial score (nSPS) is 13.3.